The second-order valence-corrected chi connectivity index (χ2v) is 8.55. The molecule has 0 aliphatic heterocycles. The van der Waals surface area contributed by atoms with Crippen molar-refractivity contribution >= 4 is 34.1 Å². The summed E-state index contributed by atoms with van der Waals surface area (Å²) in [6.45, 7) is 4.80. The number of fused-ring (bicyclic) bond motifs is 1. The third kappa shape index (κ3) is 3.92. The van der Waals surface area contributed by atoms with Crippen molar-refractivity contribution in [2.24, 2.45) is 17.8 Å². The highest BCUT2D eigenvalue weighted by atomic mass is 32.1. The van der Waals surface area contributed by atoms with Gasteiger partial charge < -0.3 is 10.2 Å². The van der Waals surface area contributed by atoms with E-state index < -0.39 is 0 Å². The number of anilines is 1. The zero-order valence-electron chi connectivity index (χ0n) is 15.0. The van der Waals surface area contributed by atoms with E-state index in [2.05, 4.69) is 24.1 Å². The molecule has 136 valence electrons. The van der Waals surface area contributed by atoms with Crippen LogP contribution in [0.5, 0.6) is 0 Å². The molecule has 1 N–H and O–H groups in total. The highest BCUT2D eigenvalue weighted by Crippen LogP contribution is 2.34. The molecular formula is C18H25N3O3S. The summed E-state index contributed by atoms with van der Waals surface area (Å²) >= 11 is 1.24. The van der Waals surface area contributed by atoms with E-state index in [-0.39, 0.29) is 35.9 Å². The zero-order chi connectivity index (χ0) is 18.1. The molecule has 0 aromatic carbocycles. The number of rotatable bonds is 5. The minimum absolute atomic E-state index is 0.000698. The normalized spacial score (nSPS) is 20.2. The molecule has 1 aromatic rings. The average Bonchev–Trinajstić information content (AvgIpc) is 2.86. The lowest BCUT2D eigenvalue weighted by Crippen LogP contribution is -2.38. The van der Waals surface area contributed by atoms with Crippen molar-refractivity contribution < 1.29 is 14.4 Å². The molecule has 3 rings (SSSR count). The minimum Gasteiger partial charge on any atom is -0.345 e. The molecule has 1 atom stereocenters. The van der Waals surface area contributed by atoms with Crippen molar-refractivity contribution in [2.45, 2.75) is 46.0 Å². The quantitative estimate of drug-likeness (QED) is 0.872. The van der Waals surface area contributed by atoms with Crippen LogP contribution in [0.1, 0.15) is 54.9 Å². The summed E-state index contributed by atoms with van der Waals surface area (Å²) in [5, 5.41) is 3.32. The number of Topliss-reactive ketones (excluding diaryl/α,β-unsaturated/α-hetero) is 1. The van der Waals surface area contributed by atoms with E-state index in [0.717, 1.165) is 19.3 Å². The van der Waals surface area contributed by atoms with Crippen LogP contribution < -0.4 is 5.32 Å². The molecular weight excluding hydrogens is 338 g/mol. The van der Waals surface area contributed by atoms with E-state index in [4.69, 9.17) is 0 Å². The maximum absolute atomic E-state index is 12.6. The molecule has 0 bridgehead atoms. The Morgan fingerprint density at radius 3 is 2.60 bits per heavy atom. The maximum atomic E-state index is 12.6. The number of amides is 2. The Hall–Kier alpha value is -1.76. The molecule has 1 aromatic heterocycles. The van der Waals surface area contributed by atoms with Crippen LogP contribution in [0.15, 0.2) is 0 Å². The highest BCUT2D eigenvalue weighted by molar-refractivity contribution is 7.17. The van der Waals surface area contributed by atoms with Gasteiger partial charge >= 0.3 is 0 Å². The van der Waals surface area contributed by atoms with E-state index in [1.807, 2.05) is 0 Å². The topological polar surface area (TPSA) is 79.4 Å². The number of hydrogen-bond acceptors (Lipinski definition) is 5. The summed E-state index contributed by atoms with van der Waals surface area (Å²) in [6, 6.07) is 0. The fourth-order valence-corrected chi connectivity index (χ4v) is 4.33. The first kappa shape index (κ1) is 18.0. The predicted octanol–water partition coefficient (Wildman–Crippen LogP) is 2.74. The molecule has 0 unspecified atom stereocenters. The largest absolute Gasteiger partial charge is 0.345 e. The number of hydrogen-bond donors (Lipinski definition) is 1. The highest BCUT2D eigenvalue weighted by Gasteiger charge is 2.35. The van der Waals surface area contributed by atoms with Crippen LogP contribution in [0.3, 0.4) is 0 Å². The van der Waals surface area contributed by atoms with Crippen LogP contribution in [0, 0.1) is 17.8 Å². The van der Waals surface area contributed by atoms with Gasteiger partial charge in [-0.05, 0) is 18.8 Å². The fourth-order valence-electron chi connectivity index (χ4n) is 3.39. The van der Waals surface area contributed by atoms with E-state index in [9.17, 15) is 14.4 Å². The number of nitrogens with one attached hydrogen (secondary N) is 1. The van der Waals surface area contributed by atoms with Gasteiger partial charge in [0, 0.05) is 32.4 Å². The number of carbonyl (C=O) groups is 3. The van der Waals surface area contributed by atoms with Gasteiger partial charge in [-0.2, -0.15) is 0 Å². The smallest absolute Gasteiger partial charge is 0.229 e. The van der Waals surface area contributed by atoms with Gasteiger partial charge in [0.1, 0.15) is 0 Å². The lowest BCUT2D eigenvalue weighted by Gasteiger charge is -2.26. The summed E-state index contributed by atoms with van der Waals surface area (Å²) < 4.78 is 0. The molecule has 1 saturated carbocycles. The van der Waals surface area contributed by atoms with Crippen molar-refractivity contribution in [3.8, 4) is 0 Å². The average molecular weight is 363 g/mol. The van der Waals surface area contributed by atoms with E-state index in [1.54, 1.807) is 11.9 Å². The third-order valence-electron chi connectivity index (χ3n) is 4.89. The molecule has 2 aliphatic rings. The number of aromatic nitrogens is 1. The second kappa shape index (κ2) is 7.23. The van der Waals surface area contributed by atoms with Gasteiger partial charge in [0.25, 0.3) is 0 Å². The molecule has 0 radical (unpaired) electrons. The monoisotopic (exact) mass is 363 g/mol. The fraction of sp³-hybridized carbons (Fsp3) is 0.667. The molecule has 25 heavy (non-hydrogen) atoms. The standard InChI is InChI=1S/C18H25N3O3S/c1-10(2)9-21(3)17(24)12-7-13-15(14(22)8-12)25-18(19-13)20-16(23)11-5-4-6-11/h10-12H,4-9H2,1-3H3,(H,19,20,23)/t12-/m1/s1. The summed E-state index contributed by atoms with van der Waals surface area (Å²) in [4.78, 5) is 43.8. The van der Waals surface area contributed by atoms with Gasteiger partial charge in [0.15, 0.2) is 10.9 Å². The van der Waals surface area contributed by atoms with E-state index >= 15 is 0 Å². The van der Waals surface area contributed by atoms with Crippen molar-refractivity contribution in [2.75, 3.05) is 18.9 Å². The molecule has 1 heterocycles. The Balaban J connectivity index is 1.68. The van der Waals surface area contributed by atoms with E-state index in [0.29, 0.717) is 34.6 Å². The Morgan fingerprint density at radius 1 is 1.28 bits per heavy atom. The number of carbonyl (C=O) groups excluding carboxylic acids is 3. The summed E-state index contributed by atoms with van der Waals surface area (Å²) in [6.07, 6.45) is 3.65. The zero-order valence-corrected chi connectivity index (χ0v) is 15.8. The number of thiazole rings is 1. The first-order valence-electron chi connectivity index (χ1n) is 8.94. The third-order valence-corrected chi connectivity index (χ3v) is 5.95. The van der Waals surface area contributed by atoms with Gasteiger partial charge in [0.05, 0.1) is 16.5 Å². The Morgan fingerprint density at radius 2 is 2.00 bits per heavy atom. The van der Waals surface area contributed by atoms with Crippen LogP contribution in [-0.2, 0) is 16.0 Å². The maximum Gasteiger partial charge on any atom is 0.229 e. The Bertz CT molecular complexity index is 694. The van der Waals surface area contributed by atoms with Gasteiger partial charge in [0.2, 0.25) is 11.8 Å². The number of nitrogens with zero attached hydrogens (tertiary/aromatic N) is 2. The van der Waals surface area contributed by atoms with Crippen LogP contribution in [0.2, 0.25) is 0 Å². The summed E-state index contributed by atoms with van der Waals surface area (Å²) in [7, 11) is 1.79. The Labute approximate surface area is 152 Å². The van der Waals surface area contributed by atoms with Gasteiger partial charge in [-0.25, -0.2) is 4.98 Å². The van der Waals surface area contributed by atoms with Crippen LogP contribution in [-0.4, -0.2) is 41.1 Å². The SMILES string of the molecule is CC(C)CN(C)C(=O)[C@H]1CC(=O)c2sc(NC(=O)C3CCC3)nc2C1. The second-order valence-electron chi connectivity index (χ2n) is 7.55. The van der Waals surface area contributed by atoms with Crippen LogP contribution in [0.25, 0.3) is 0 Å². The van der Waals surface area contributed by atoms with E-state index in [1.165, 1.54) is 11.3 Å². The predicted molar refractivity (Wildman–Crippen MR) is 96.7 cm³/mol. The number of ketones is 1. The first-order chi connectivity index (χ1) is 11.8. The lowest BCUT2D eigenvalue weighted by atomic mass is 9.85. The summed E-state index contributed by atoms with van der Waals surface area (Å²) in [5.74, 6) is 0.0714. The van der Waals surface area contributed by atoms with Crippen molar-refractivity contribution in [1.82, 2.24) is 9.88 Å². The summed E-state index contributed by atoms with van der Waals surface area (Å²) in [5.41, 5.74) is 0.654. The molecule has 7 heteroatoms. The van der Waals surface area contributed by atoms with Crippen molar-refractivity contribution in [3.05, 3.63) is 10.6 Å². The molecule has 0 spiro atoms. The van der Waals surface area contributed by atoms with Crippen molar-refractivity contribution in [1.29, 1.82) is 0 Å². The molecule has 2 amide bonds. The lowest BCUT2D eigenvalue weighted by molar-refractivity contribution is -0.134. The van der Waals surface area contributed by atoms with Crippen molar-refractivity contribution in [3.63, 3.8) is 0 Å². The molecule has 2 aliphatic carbocycles. The molecule has 0 saturated heterocycles. The first-order valence-corrected chi connectivity index (χ1v) is 9.75. The molecule has 6 nitrogen and oxygen atoms in total. The van der Waals surface area contributed by atoms with Crippen LogP contribution in [0.4, 0.5) is 5.13 Å². The van der Waals surface area contributed by atoms with Gasteiger partial charge in [-0.15, -0.1) is 0 Å². The van der Waals surface area contributed by atoms with Crippen LogP contribution >= 0.6 is 11.3 Å². The molecule has 1 fully saturated rings. The van der Waals surface area contributed by atoms with Gasteiger partial charge in [-0.1, -0.05) is 31.6 Å². The van der Waals surface area contributed by atoms with Gasteiger partial charge in [-0.3, -0.25) is 14.4 Å². The Kier molecular flexibility index (Phi) is 5.22. The minimum atomic E-state index is -0.346.